The summed E-state index contributed by atoms with van der Waals surface area (Å²) in [4.78, 5) is 18.2. The number of hydrogen-bond donors (Lipinski definition) is 1. The number of aromatic nitrogens is 1. The standard InChI is InChI=1S/C20H20N2O/c23-20-19(22-13-7-2-8-14-22)18(15-9-3-1-4-10-15)16-11-5-6-12-17(16)21-20/h1,3-6,9-12H,2,7-8,13-14H2,(H,21,23). The molecular formula is C20H20N2O. The molecule has 0 saturated carbocycles. The molecule has 1 aliphatic rings. The Labute approximate surface area is 135 Å². The van der Waals surface area contributed by atoms with E-state index in [1.807, 2.05) is 36.4 Å². The Morgan fingerprint density at radius 3 is 2.30 bits per heavy atom. The lowest BCUT2D eigenvalue weighted by Gasteiger charge is -2.30. The minimum atomic E-state index is 0.0180. The molecule has 1 aliphatic heterocycles. The van der Waals surface area contributed by atoms with Crippen LogP contribution in [0.4, 0.5) is 5.69 Å². The van der Waals surface area contributed by atoms with Crippen LogP contribution < -0.4 is 10.5 Å². The number of para-hydroxylation sites is 1. The van der Waals surface area contributed by atoms with E-state index in [4.69, 9.17) is 0 Å². The number of rotatable bonds is 2. The molecule has 0 unspecified atom stereocenters. The zero-order chi connectivity index (χ0) is 15.6. The number of aromatic amines is 1. The third-order valence-electron chi connectivity index (χ3n) is 4.63. The van der Waals surface area contributed by atoms with Gasteiger partial charge in [0.2, 0.25) is 0 Å². The summed E-state index contributed by atoms with van der Waals surface area (Å²) in [5, 5.41) is 1.11. The first-order chi connectivity index (χ1) is 11.3. The second kappa shape index (κ2) is 5.92. The first-order valence-electron chi connectivity index (χ1n) is 8.30. The van der Waals surface area contributed by atoms with Gasteiger partial charge < -0.3 is 9.88 Å². The van der Waals surface area contributed by atoms with Crippen molar-refractivity contribution in [1.82, 2.24) is 4.98 Å². The zero-order valence-electron chi connectivity index (χ0n) is 13.1. The van der Waals surface area contributed by atoms with Crippen molar-refractivity contribution in [3.8, 4) is 11.1 Å². The maximum Gasteiger partial charge on any atom is 0.272 e. The predicted octanol–water partition coefficient (Wildman–Crippen LogP) is 4.19. The second-order valence-corrected chi connectivity index (χ2v) is 6.14. The van der Waals surface area contributed by atoms with Crippen LogP contribution in [0.15, 0.2) is 59.4 Å². The third-order valence-corrected chi connectivity index (χ3v) is 4.63. The van der Waals surface area contributed by atoms with Gasteiger partial charge in [0.25, 0.3) is 5.56 Å². The van der Waals surface area contributed by atoms with Gasteiger partial charge in [-0.1, -0.05) is 48.5 Å². The average Bonchev–Trinajstić information content (AvgIpc) is 2.62. The topological polar surface area (TPSA) is 36.1 Å². The molecule has 4 rings (SSSR count). The Kier molecular flexibility index (Phi) is 3.62. The lowest BCUT2D eigenvalue weighted by Crippen LogP contribution is -2.34. The van der Waals surface area contributed by atoms with E-state index in [9.17, 15) is 4.79 Å². The second-order valence-electron chi connectivity index (χ2n) is 6.14. The SMILES string of the molecule is O=c1[nH]c2ccccc2c(-c2ccccc2)c1N1CCCCC1. The van der Waals surface area contributed by atoms with E-state index >= 15 is 0 Å². The normalized spacial score (nSPS) is 15.0. The van der Waals surface area contributed by atoms with E-state index in [0.717, 1.165) is 53.6 Å². The summed E-state index contributed by atoms with van der Waals surface area (Å²) < 4.78 is 0. The molecule has 0 atom stereocenters. The summed E-state index contributed by atoms with van der Waals surface area (Å²) in [6.07, 6.45) is 3.56. The largest absolute Gasteiger partial charge is 0.367 e. The number of fused-ring (bicyclic) bond motifs is 1. The summed E-state index contributed by atoms with van der Waals surface area (Å²) in [5.74, 6) is 0. The van der Waals surface area contributed by atoms with Gasteiger partial charge in [-0.25, -0.2) is 0 Å². The number of H-pyrrole nitrogens is 1. The lowest BCUT2D eigenvalue weighted by atomic mass is 9.97. The van der Waals surface area contributed by atoms with Crippen LogP contribution in [0.2, 0.25) is 0 Å². The van der Waals surface area contributed by atoms with Gasteiger partial charge in [-0.05, 0) is 30.9 Å². The van der Waals surface area contributed by atoms with E-state index < -0.39 is 0 Å². The quantitative estimate of drug-likeness (QED) is 0.771. The Balaban J connectivity index is 2.04. The molecule has 2 heterocycles. The number of piperidine rings is 1. The van der Waals surface area contributed by atoms with Crippen LogP contribution in [0.25, 0.3) is 22.0 Å². The molecule has 0 amide bonds. The molecule has 0 aliphatic carbocycles. The Bertz CT molecular complexity index is 877. The summed E-state index contributed by atoms with van der Waals surface area (Å²) in [6.45, 7) is 1.92. The molecule has 1 aromatic heterocycles. The van der Waals surface area contributed by atoms with Gasteiger partial charge in [-0.3, -0.25) is 4.79 Å². The Morgan fingerprint density at radius 2 is 1.52 bits per heavy atom. The van der Waals surface area contributed by atoms with Crippen LogP contribution in [0.1, 0.15) is 19.3 Å². The maximum atomic E-state index is 12.8. The molecule has 3 nitrogen and oxygen atoms in total. The number of nitrogens with zero attached hydrogens (tertiary/aromatic N) is 1. The summed E-state index contributed by atoms with van der Waals surface area (Å²) in [7, 11) is 0. The highest BCUT2D eigenvalue weighted by Gasteiger charge is 2.21. The van der Waals surface area contributed by atoms with E-state index in [0.29, 0.717) is 0 Å². The number of benzene rings is 2. The molecule has 0 bridgehead atoms. The highest BCUT2D eigenvalue weighted by Crippen LogP contribution is 2.35. The van der Waals surface area contributed by atoms with Gasteiger partial charge >= 0.3 is 0 Å². The fourth-order valence-electron chi connectivity index (χ4n) is 3.55. The molecular weight excluding hydrogens is 284 g/mol. The summed E-state index contributed by atoms with van der Waals surface area (Å²) >= 11 is 0. The van der Waals surface area contributed by atoms with E-state index in [-0.39, 0.29) is 5.56 Å². The van der Waals surface area contributed by atoms with Gasteiger partial charge in [0.15, 0.2) is 0 Å². The van der Waals surface area contributed by atoms with E-state index in [2.05, 4.69) is 28.1 Å². The van der Waals surface area contributed by atoms with Gasteiger partial charge in [0.1, 0.15) is 5.69 Å². The Morgan fingerprint density at radius 1 is 0.826 bits per heavy atom. The van der Waals surface area contributed by atoms with Crippen LogP contribution in [-0.4, -0.2) is 18.1 Å². The molecule has 3 aromatic rings. The molecule has 1 N–H and O–H groups in total. The van der Waals surface area contributed by atoms with E-state index in [1.54, 1.807) is 0 Å². The maximum absolute atomic E-state index is 12.8. The predicted molar refractivity (Wildman–Crippen MR) is 96.1 cm³/mol. The molecule has 1 fully saturated rings. The van der Waals surface area contributed by atoms with Crippen molar-refractivity contribution in [2.45, 2.75) is 19.3 Å². The van der Waals surface area contributed by atoms with E-state index in [1.165, 1.54) is 6.42 Å². The van der Waals surface area contributed by atoms with Crippen molar-refractivity contribution in [3.63, 3.8) is 0 Å². The van der Waals surface area contributed by atoms with Crippen molar-refractivity contribution in [2.24, 2.45) is 0 Å². The van der Waals surface area contributed by atoms with Crippen LogP contribution in [0.5, 0.6) is 0 Å². The molecule has 116 valence electrons. The fourth-order valence-corrected chi connectivity index (χ4v) is 3.55. The van der Waals surface area contributed by atoms with Crippen LogP contribution in [0.3, 0.4) is 0 Å². The molecule has 3 heteroatoms. The number of pyridine rings is 1. The van der Waals surface area contributed by atoms with Crippen LogP contribution >= 0.6 is 0 Å². The smallest absolute Gasteiger partial charge is 0.272 e. The van der Waals surface area contributed by atoms with Crippen molar-refractivity contribution in [3.05, 3.63) is 65.0 Å². The van der Waals surface area contributed by atoms with Crippen molar-refractivity contribution in [1.29, 1.82) is 0 Å². The highest BCUT2D eigenvalue weighted by molar-refractivity contribution is 6.00. The fraction of sp³-hybridized carbons (Fsp3) is 0.250. The monoisotopic (exact) mass is 304 g/mol. The van der Waals surface area contributed by atoms with Crippen molar-refractivity contribution >= 4 is 16.6 Å². The minimum absolute atomic E-state index is 0.0180. The van der Waals surface area contributed by atoms with Crippen LogP contribution in [0, 0.1) is 0 Å². The Hall–Kier alpha value is -2.55. The number of nitrogens with one attached hydrogen (secondary N) is 1. The molecule has 2 aromatic carbocycles. The average molecular weight is 304 g/mol. The zero-order valence-corrected chi connectivity index (χ0v) is 13.1. The van der Waals surface area contributed by atoms with Crippen LogP contribution in [-0.2, 0) is 0 Å². The number of anilines is 1. The van der Waals surface area contributed by atoms with Gasteiger partial charge in [-0.2, -0.15) is 0 Å². The van der Waals surface area contributed by atoms with Gasteiger partial charge in [-0.15, -0.1) is 0 Å². The van der Waals surface area contributed by atoms with Gasteiger partial charge in [0, 0.05) is 29.6 Å². The summed E-state index contributed by atoms with van der Waals surface area (Å²) in [6, 6.07) is 18.3. The van der Waals surface area contributed by atoms with Crippen molar-refractivity contribution in [2.75, 3.05) is 18.0 Å². The molecule has 0 spiro atoms. The van der Waals surface area contributed by atoms with Crippen molar-refractivity contribution < 1.29 is 0 Å². The minimum Gasteiger partial charge on any atom is -0.367 e. The first kappa shape index (κ1) is 14.1. The molecule has 0 radical (unpaired) electrons. The van der Waals surface area contributed by atoms with Gasteiger partial charge in [0.05, 0.1) is 0 Å². The molecule has 23 heavy (non-hydrogen) atoms. The molecule has 1 saturated heterocycles. The third kappa shape index (κ3) is 2.52. The highest BCUT2D eigenvalue weighted by atomic mass is 16.1. The summed E-state index contributed by atoms with van der Waals surface area (Å²) in [5.41, 5.74) is 3.92. The number of hydrogen-bond acceptors (Lipinski definition) is 2. The lowest BCUT2D eigenvalue weighted by molar-refractivity contribution is 0.577. The first-order valence-corrected chi connectivity index (χ1v) is 8.30.